The molecule has 1 aromatic rings. The van der Waals surface area contributed by atoms with Crippen molar-refractivity contribution in [2.24, 2.45) is 0 Å². The fraction of sp³-hybridized carbons (Fsp3) is 0.400. The minimum absolute atomic E-state index is 0.0585. The number of ether oxygens (including phenoxy) is 1. The molecule has 1 aliphatic rings. The average molecular weight is 246 g/mol. The third kappa shape index (κ3) is 2.40. The van der Waals surface area contributed by atoms with Crippen molar-refractivity contribution in [1.29, 1.82) is 0 Å². The molecule has 18 heavy (non-hydrogen) atoms. The van der Waals surface area contributed by atoms with Gasteiger partial charge < -0.3 is 9.84 Å². The smallest absolute Gasteiger partial charge is 0.304 e. The second-order valence-electron chi connectivity index (χ2n) is 5.01. The summed E-state index contributed by atoms with van der Waals surface area (Å²) in [4.78, 5) is 11.0. The molecule has 0 saturated heterocycles. The zero-order chi connectivity index (χ0) is 13.3. The fourth-order valence-electron chi connectivity index (χ4n) is 2.40. The number of carbonyl (C=O) groups is 1. The molecule has 0 aromatic heterocycles. The van der Waals surface area contributed by atoms with Gasteiger partial charge in [-0.2, -0.15) is 0 Å². The van der Waals surface area contributed by atoms with Crippen LogP contribution in [0.2, 0.25) is 0 Å². The Hall–Kier alpha value is -1.77. The molecule has 3 heteroatoms. The lowest BCUT2D eigenvalue weighted by atomic mass is 9.84. The molecule has 1 unspecified atom stereocenters. The van der Waals surface area contributed by atoms with E-state index in [1.165, 1.54) is 0 Å². The SMILES string of the molecule is CC(C)=C1COc2cc(C)ccc2C1CC(=O)O. The maximum Gasteiger partial charge on any atom is 0.304 e. The molecule has 0 saturated carbocycles. The lowest BCUT2D eigenvalue weighted by Gasteiger charge is -2.29. The molecule has 2 rings (SSSR count). The summed E-state index contributed by atoms with van der Waals surface area (Å²) in [6.45, 7) is 6.52. The van der Waals surface area contributed by atoms with Crippen LogP contribution in [0.4, 0.5) is 0 Å². The number of aryl methyl sites for hydroxylation is 1. The first kappa shape index (κ1) is 12.7. The van der Waals surface area contributed by atoms with Crippen molar-refractivity contribution in [3.8, 4) is 5.75 Å². The van der Waals surface area contributed by atoms with E-state index in [9.17, 15) is 4.79 Å². The first-order chi connectivity index (χ1) is 8.49. The Kier molecular flexibility index (Phi) is 3.41. The molecule has 0 spiro atoms. The topological polar surface area (TPSA) is 46.5 Å². The Labute approximate surface area is 107 Å². The van der Waals surface area contributed by atoms with Crippen molar-refractivity contribution >= 4 is 5.97 Å². The fourth-order valence-corrected chi connectivity index (χ4v) is 2.40. The van der Waals surface area contributed by atoms with Gasteiger partial charge in [-0.3, -0.25) is 4.79 Å². The predicted molar refractivity (Wildman–Crippen MR) is 70.0 cm³/mol. The van der Waals surface area contributed by atoms with E-state index in [4.69, 9.17) is 9.84 Å². The normalized spacial score (nSPS) is 17.9. The van der Waals surface area contributed by atoms with Gasteiger partial charge in [0.15, 0.2) is 0 Å². The summed E-state index contributed by atoms with van der Waals surface area (Å²) in [5, 5.41) is 9.08. The van der Waals surface area contributed by atoms with Crippen LogP contribution in [0.5, 0.6) is 5.75 Å². The summed E-state index contributed by atoms with van der Waals surface area (Å²) in [6.07, 6.45) is 0.125. The third-order valence-corrected chi connectivity index (χ3v) is 3.37. The molecule has 0 aliphatic carbocycles. The monoisotopic (exact) mass is 246 g/mol. The highest BCUT2D eigenvalue weighted by atomic mass is 16.5. The minimum Gasteiger partial charge on any atom is -0.489 e. The number of allylic oxidation sites excluding steroid dienone is 1. The standard InChI is InChI=1S/C15H18O3/c1-9(2)13-8-18-14-6-10(3)4-5-11(14)12(13)7-15(16)17/h4-6,12H,7-8H2,1-3H3,(H,16,17). The van der Waals surface area contributed by atoms with E-state index in [0.29, 0.717) is 6.61 Å². The van der Waals surface area contributed by atoms with E-state index in [-0.39, 0.29) is 12.3 Å². The Balaban J connectivity index is 2.49. The minimum atomic E-state index is -0.771. The molecule has 0 fully saturated rings. The van der Waals surface area contributed by atoms with Gasteiger partial charge in [-0.15, -0.1) is 0 Å². The average Bonchev–Trinajstić information content (AvgIpc) is 2.27. The highest BCUT2D eigenvalue weighted by Crippen LogP contribution is 2.40. The van der Waals surface area contributed by atoms with Crippen molar-refractivity contribution in [3.05, 3.63) is 40.5 Å². The van der Waals surface area contributed by atoms with Gasteiger partial charge in [0, 0.05) is 11.5 Å². The molecule has 0 radical (unpaired) electrons. The summed E-state index contributed by atoms with van der Waals surface area (Å²) < 4.78 is 5.74. The molecular weight excluding hydrogens is 228 g/mol. The summed E-state index contributed by atoms with van der Waals surface area (Å²) in [6, 6.07) is 5.97. The highest BCUT2D eigenvalue weighted by molar-refractivity contribution is 5.70. The molecule has 1 N–H and O–H groups in total. The summed E-state index contributed by atoms with van der Waals surface area (Å²) >= 11 is 0. The first-order valence-corrected chi connectivity index (χ1v) is 6.10. The van der Waals surface area contributed by atoms with Crippen LogP contribution >= 0.6 is 0 Å². The van der Waals surface area contributed by atoms with Gasteiger partial charge in [0.1, 0.15) is 12.4 Å². The largest absolute Gasteiger partial charge is 0.489 e. The highest BCUT2D eigenvalue weighted by Gasteiger charge is 2.28. The number of carboxylic acids is 1. The molecule has 0 bridgehead atoms. The van der Waals surface area contributed by atoms with Crippen LogP contribution in [0.1, 0.15) is 37.3 Å². The van der Waals surface area contributed by atoms with Crippen LogP contribution in [-0.4, -0.2) is 17.7 Å². The Morgan fingerprint density at radius 1 is 1.44 bits per heavy atom. The molecular formula is C15H18O3. The number of benzene rings is 1. The lowest BCUT2D eigenvalue weighted by Crippen LogP contribution is -2.21. The lowest BCUT2D eigenvalue weighted by molar-refractivity contribution is -0.137. The second kappa shape index (κ2) is 4.84. The molecule has 1 aliphatic heterocycles. The third-order valence-electron chi connectivity index (χ3n) is 3.37. The number of fused-ring (bicyclic) bond motifs is 1. The molecule has 1 heterocycles. The zero-order valence-electron chi connectivity index (χ0n) is 11.0. The van der Waals surface area contributed by atoms with Crippen molar-refractivity contribution in [1.82, 2.24) is 0 Å². The Morgan fingerprint density at radius 3 is 2.78 bits per heavy atom. The summed E-state index contributed by atoms with van der Waals surface area (Å²) in [5.74, 6) is -0.00437. The Morgan fingerprint density at radius 2 is 2.17 bits per heavy atom. The van der Waals surface area contributed by atoms with Gasteiger partial charge in [-0.1, -0.05) is 17.7 Å². The number of carboxylic acid groups (broad SMARTS) is 1. The van der Waals surface area contributed by atoms with Crippen molar-refractivity contribution in [3.63, 3.8) is 0 Å². The zero-order valence-corrected chi connectivity index (χ0v) is 11.0. The molecule has 96 valence electrons. The van der Waals surface area contributed by atoms with Crippen LogP contribution in [0.15, 0.2) is 29.3 Å². The van der Waals surface area contributed by atoms with E-state index >= 15 is 0 Å². The van der Waals surface area contributed by atoms with Gasteiger partial charge in [0.05, 0.1) is 6.42 Å². The van der Waals surface area contributed by atoms with E-state index in [0.717, 1.165) is 28.0 Å². The second-order valence-corrected chi connectivity index (χ2v) is 5.01. The maximum absolute atomic E-state index is 11.0. The number of aliphatic carboxylic acids is 1. The molecule has 1 aromatic carbocycles. The van der Waals surface area contributed by atoms with E-state index in [2.05, 4.69) is 0 Å². The van der Waals surface area contributed by atoms with Crippen molar-refractivity contribution in [2.75, 3.05) is 6.61 Å². The van der Waals surface area contributed by atoms with Gasteiger partial charge in [0.2, 0.25) is 0 Å². The van der Waals surface area contributed by atoms with Gasteiger partial charge >= 0.3 is 5.97 Å². The van der Waals surface area contributed by atoms with Crippen LogP contribution in [-0.2, 0) is 4.79 Å². The number of rotatable bonds is 2. The van der Waals surface area contributed by atoms with Crippen LogP contribution in [0, 0.1) is 6.92 Å². The van der Waals surface area contributed by atoms with Gasteiger partial charge in [-0.05, 0) is 38.0 Å². The quantitative estimate of drug-likeness (QED) is 0.814. The van der Waals surface area contributed by atoms with E-state index < -0.39 is 5.97 Å². The summed E-state index contributed by atoms with van der Waals surface area (Å²) in [7, 11) is 0. The number of hydrogen-bond acceptors (Lipinski definition) is 2. The maximum atomic E-state index is 11.0. The van der Waals surface area contributed by atoms with E-state index in [1.807, 2.05) is 39.0 Å². The molecule has 0 amide bonds. The molecule has 3 nitrogen and oxygen atoms in total. The molecule has 1 atom stereocenters. The summed E-state index contributed by atoms with van der Waals surface area (Å²) in [5.41, 5.74) is 4.36. The van der Waals surface area contributed by atoms with Gasteiger partial charge in [-0.25, -0.2) is 0 Å². The van der Waals surface area contributed by atoms with Gasteiger partial charge in [0.25, 0.3) is 0 Å². The van der Waals surface area contributed by atoms with Crippen LogP contribution < -0.4 is 4.74 Å². The predicted octanol–water partition coefficient (Wildman–Crippen LogP) is 3.28. The van der Waals surface area contributed by atoms with Crippen LogP contribution in [0.25, 0.3) is 0 Å². The Bertz CT molecular complexity index is 510. The van der Waals surface area contributed by atoms with Crippen LogP contribution in [0.3, 0.4) is 0 Å². The van der Waals surface area contributed by atoms with E-state index in [1.54, 1.807) is 0 Å². The number of hydrogen-bond donors (Lipinski definition) is 1. The van der Waals surface area contributed by atoms with Crippen molar-refractivity contribution in [2.45, 2.75) is 33.1 Å². The van der Waals surface area contributed by atoms with Crippen molar-refractivity contribution < 1.29 is 14.6 Å². The first-order valence-electron chi connectivity index (χ1n) is 6.10.